The summed E-state index contributed by atoms with van der Waals surface area (Å²) >= 11 is 0. The second-order valence-electron chi connectivity index (χ2n) is 7.44. The molecular weight excluding hydrogens is 248 g/mol. The Kier molecular flexibility index (Phi) is 2.96. The average molecular weight is 274 g/mol. The van der Waals surface area contributed by atoms with E-state index >= 15 is 0 Å². The molecule has 1 aromatic rings. The van der Waals surface area contributed by atoms with Crippen LogP contribution in [0.1, 0.15) is 45.6 Å². The first-order valence-corrected chi connectivity index (χ1v) is 7.64. The van der Waals surface area contributed by atoms with Gasteiger partial charge < -0.3 is 10.6 Å². The SMILES string of the molecule is CNc1ncnc(NC2C3(C)CCC(C3)C2(C)C)c1C. The van der Waals surface area contributed by atoms with Gasteiger partial charge in [-0.15, -0.1) is 0 Å². The molecule has 1 heterocycles. The fourth-order valence-corrected chi connectivity index (χ4v) is 4.65. The van der Waals surface area contributed by atoms with Crippen molar-refractivity contribution in [1.82, 2.24) is 9.97 Å². The summed E-state index contributed by atoms with van der Waals surface area (Å²) in [7, 11) is 1.90. The predicted molar refractivity (Wildman–Crippen MR) is 83.0 cm³/mol. The fourth-order valence-electron chi connectivity index (χ4n) is 4.65. The number of aromatic nitrogens is 2. The molecular formula is C16H26N4. The van der Waals surface area contributed by atoms with Gasteiger partial charge in [0.05, 0.1) is 0 Å². The molecule has 0 aliphatic heterocycles. The van der Waals surface area contributed by atoms with E-state index in [2.05, 4.69) is 48.3 Å². The Bertz CT molecular complexity index is 520. The number of hydrogen-bond acceptors (Lipinski definition) is 4. The van der Waals surface area contributed by atoms with Gasteiger partial charge in [-0.1, -0.05) is 20.8 Å². The largest absolute Gasteiger partial charge is 0.373 e. The van der Waals surface area contributed by atoms with Gasteiger partial charge in [0, 0.05) is 18.7 Å². The zero-order valence-electron chi connectivity index (χ0n) is 13.2. The smallest absolute Gasteiger partial charge is 0.134 e. The summed E-state index contributed by atoms with van der Waals surface area (Å²) < 4.78 is 0. The molecule has 1 aromatic heterocycles. The van der Waals surface area contributed by atoms with Crippen LogP contribution in [0.3, 0.4) is 0 Å². The molecule has 2 aliphatic carbocycles. The topological polar surface area (TPSA) is 49.8 Å². The van der Waals surface area contributed by atoms with Gasteiger partial charge in [0.25, 0.3) is 0 Å². The summed E-state index contributed by atoms with van der Waals surface area (Å²) in [6.07, 6.45) is 5.71. The first-order valence-electron chi connectivity index (χ1n) is 7.64. The number of hydrogen-bond donors (Lipinski definition) is 2. The number of rotatable bonds is 3. The molecule has 0 amide bonds. The minimum atomic E-state index is 0.337. The van der Waals surface area contributed by atoms with E-state index in [1.54, 1.807) is 6.33 Å². The van der Waals surface area contributed by atoms with Gasteiger partial charge >= 0.3 is 0 Å². The van der Waals surface area contributed by atoms with Crippen molar-refractivity contribution in [3.05, 3.63) is 11.9 Å². The van der Waals surface area contributed by atoms with Gasteiger partial charge in [-0.3, -0.25) is 0 Å². The molecule has 2 aliphatic rings. The maximum absolute atomic E-state index is 4.47. The highest BCUT2D eigenvalue weighted by Gasteiger charge is 2.59. The van der Waals surface area contributed by atoms with Crippen molar-refractivity contribution < 1.29 is 0 Å². The average Bonchev–Trinajstić information content (AvgIpc) is 2.87. The van der Waals surface area contributed by atoms with Crippen LogP contribution in [0.4, 0.5) is 11.6 Å². The van der Waals surface area contributed by atoms with Crippen molar-refractivity contribution in [2.75, 3.05) is 17.7 Å². The molecule has 4 heteroatoms. The van der Waals surface area contributed by atoms with Crippen molar-refractivity contribution >= 4 is 11.6 Å². The number of nitrogens with zero attached hydrogens (tertiary/aromatic N) is 2. The van der Waals surface area contributed by atoms with E-state index in [0.717, 1.165) is 23.1 Å². The van der Waals surface area contributed by atoms with Crippen LogP contribution in [0.2, 0.25) is 0 Å². The quantitative estimate of drug-likeness (QED) is 0.886. The summed E-state index contributed by atoms with van der Waals surface area (Å²) in [5.74, 6) is 2.74. The van der Waals surface area contributed by atoms with Crippen LogP contribution in [0.15, 0.2) is 6.33 Å². The second kappa shape index (κ2) is 4.34. The summed E-state index contributed by atoms with van der Waals surface area (Å²) in [5, 5.41) is 6.89. The maximum atomic E-state index is 4.47. The standard InChI is InChI=1S/C16H26N4/c1-10-12(17-5)18-9-19-13(10)20-14-15(2,3)11-6-7-16(14,4)8-11/h9,11,14H,6-8H2,1-5H3,(H2,17,18,19,20). The molecule has 3 rings (SSSR count). The highest BCUT2D eigenvalue weighted by atomic mass is 15.1. The molecule has 0 radical (unpaired) electrons. The Balaban J connectivity index is 1.92. The molecule has 0 saturated heterocycles. The molecule has 110 valence electrons. The van der Waals surface area contributed by atoms with Crippen LogP contribution >= 0.6 is 0 Å². The van der Waals surface area contributed by atoms with Crippen molar-refractivity contribution in [1.29, 1.82) is 0 Å². The maximum Gasteiger partial charge on any atom is 0.134 e. The Hall–Kier alpha value is -1.32. The molecule has 4 nitrogen and oxygen atoms in total. The zero-order valence-corrected chi connectivity index (χ0v) is 13.2. The van der Waals surface area contributed by atoms with E-state index in [4.69, 9.17) is 0 Å². The second-order valence-corrected chi connectivity index (χ2v) is 7.44. The number of nitrogens with one attached hydrogen (secondary N) is 2. The van der Waals surface area contributed by atoms with E-state index in [9.17, 15) is 0 Å². The lowest BCUT2D eigenvalue weighted by Gasteiger charge is -2.43. The number of fused-ring (bicyclic) bond motifs is 2. The molecule has 0 aromatic carbocycles. The van der Waals surface area contributed by atoms with Gasteiger partial charge in [0.1, 0.15) is 18.0 Å². The Labute approximate surface area is 121 Å². The third kappa shape index (κ3) is 1.80. The lowest BCUT2D eigenvalue weighted by molar-refractivity contribution is 0.155. The van der Waals surface area contributed by atoms with Crippen LogP contribution in [0.25, 0.3) is 0 Å². The van der Waals surface area contributed by atoms with Crippen molar-refractivity contribution in [3.63, 3.8) is 0 Å². The van der Waals surface area contributed by atoms with Crippen LogP contribution in [-0.2, 0) is 0 Å². The van der Waals surface area contributed by atoms with E-state index < -0.39 is 0 Å². The van der Waals surface area contributed by atoms with Gasteiger partial charge in [-0.05, 0) is 42.9 Å². The third-order valence-corrected chi connectivity index (χ3v) is 5.87. The molecule has 3 unspecified atom stereocenters. The summed E-state index contributed by atoms with van der Waals surface area (Å²) in [4.78, 5) is 8.74. The first kappa shape index (κ1) is 13.7. The molecule has 3 atom stereocenters. The third-order valence-electron chi connectivity index (χ3n) is 5.87. The first-order chi connectivity index (χ1) is 9.38. The Morgan fingerprint density at radius 1 is 1.20 bits per heavy atom. The van der Waals surface area contributed by atoms with Gasteiger partial charge in [-0.25, -0.2) is 9.97 Å². The van der Waals surface area contributed by atoms with E-state index in [0.29, 0.717) is 16.9 Å². The Morgan fingerprint density at radius 3 is 2.50 bits per heavy atom. The highest BCUT2D eigenvalue weighted by molar-refractivity contribution is 5.57. The molecule has 2 bridgehead atoms. The summed E-state index contributed by atoms with van der Waals surface area (Å²) in [6.45, 7) is 9.34. The van der Waals surface area contributed by atoms with Gasteiger partial charge in [0.2, 0.25) is 0 Å². The van der Waals surface area contributed by atoms with Crippen molar-refractivity contribution in [3.8, 4) is 0 Å². The minimum absolute atomic E-state index is 0.337. The summed E-state index contributed by atoms with van der Waals surface area (Å²) in [5.41, 5.74) is 1.85. The van der Waals surface area contributed by atoms with Crippen LogP contribution < -0.4 is 10.6 Å². The van der Waals surface area contributed by atoms with Crippen LogP contribution in [0, 0.1) is 23.7 Å². The van der Waals surface area contributed by atoms with E-state index in [1.807, 2.05) is 7.05 Å². The molecule has 20 heavy (non-hydrogen) atoms. The monoisotopic (exact) mass is 274 g/mol. The zero-order chi connectivity index (χ0) is 14.5. The molecule has 2 saturated carbocycles. The summed E-state index contributed by atoms with van der Waals surface area (Å²) in [6, 6.07) is 0.493. The number of anilines is 2. The highest BCUT2D eigenvalue weighted by Crippen LogP contribution is 2.63. The Morgan fingerprint density at radius 2 is 1.90 bits per heavy atom. The lowest BCUT2D eigenvalue weighted by atomic mass is 9.68. The normalized spacial score (nSPS) is 34.2. The molecule has 2 fully saturated rings. The predicted octanol–water partition coefficient (Wildman–Crippen LogP) is 3.45. The van der Waals surface area contributed by atoms with Crippen molar-refractivity contribution in [2.45, 2.75) is 53.0 Å². The van der Waals surface area contributed by atoms with Crippen molar-refractivity contribution in [2.24, 2.45) is 16.7 Å². The minimum Gasteiger partial charge on any atom is -0.373 e. The van der Waals surface area contributed by atoms with Gasteiger partial charge in [0.15, 0.2) is 0 Å². The van der Waals surface area contributed by atoms with Crippen LogP contribution in [0.5, 0.6) is 0 Å². The van der Waals surface area contributed by atoms with E-state index in [-0.39, 0.29) is 0 Å². The van der Waals surface area contributed by atoms with Gasteiger partial charge in [-0.2, -0.15) is 0 Å². The molecule has 2 N–H and O–H groups in total. The van der Waals surface area contributed by atoms with Crippen LogP contribution in [-0.4, -0.2) is 23.1 Å². The lowest BCUT2D eigenvalue weighted by Crippen LogP contribution is -2.46. The fraction of sp³-hybridized carbons (Fsp3) is 0.750. The molecule has 0 spiro atoms. The van der Waals surface area contributed by atoms with E-state index in [1.165, 1.54) is 19.3 Å².